The summed E-state index contributed by atoms with van der Waals surface area (Å²) in [4.78, 5) is 0. The Kier molecular flexibility index (Phi) is 4.05. The van der Waals surface area contributed by atoms with Gasteiger partial charge in [-0.1, -0.05) is 66.2 Å². The van der Waals surface area contributed by atoms with E-state index in [0.717, 1.165) is 11.6 Å². The van der Waals surface area contributed by atoms with Crippen LogP contribution in [-0.4, -0.2) is 7.38 Å². The van der Waals surface area contributed by atoms with E-state index >= 15 is 0 Å². The van der Waals surface area contributed by atoms with E-state index in [9.17, 15) is 0 Å². The summed E-state index contributed by atoms with van der Waals surface area (Å²) in [6.45, 7) is 6.09. The highest BCUT2D eigenvalue weighted by Crippen LogP contribution is 2.20. The molecule has 18 heavy (non-hydrogen) atoms. The van der Waals surface area contributed by atoms with Crippen molar-refractivity contribution in [1.29, 1.82) is 0 Å². The molecule has 0 fully saturated rings. The van der Waals surface area contributed by atoms with Crippen LogP contribution in [0.3, 0.4) is 0 Å². The van der Waals surface area contributed by atoms with E-state index in [1.165, 1.54) is 10.4 Å². The minimum Gasteiger partial charge on any atom is -0.154 e. The van der Waals surface area contributed by atoms with Crippen molar-refractivity contribution in [1.82, 2.24) is 0 Å². The first-order chi connectivity index (χ1) is 8.63. The van der Waals surface area contributed by atoms with Crippen LogP contribution in [0, 0.1) is 0 Å². The van der Waals surface area contributed by atoms with E-state index in [4.69, 9.17) is 11.1 Å². The normalized spacial score (nSPS) is 11.2. The summed E-state index contributed by atoms with van der Waals surface area (Å²) in [5.41, 5.74) is 1.14. The molecule has 0 bridgehead atoms. The predicted molar refractivity (Wildman–Crippen MR) is 83.4 cm³/mol. The summed E-state index contributed by atoms with van der Waals surface area (Å²) in [5.74, 6) is 0. The van der Waals surface area contributed by atoms with Gasteiger partial charge in [0.25, 0.3) is 0 Å². The highest BCUT2D eigenvalue weighted by Gasteiger charge is 2.35. The van der Waals surface area contributed by atoms with Crippen LogP contribution in [-0.2, 0) is 0 Å². The number of rotatable bonds is 4. The van der Waals surface area contributed by atoms with Crippen LogP contribution in [0.4, 0.5) is 0 Å². The molecule has 2 heteroatoms. The molecular formula is C16H17ClSi. The number of benzene rings is 2. The van der Waals surface area contributed by atoms with Gasteiger partial charge in [0, 0.05) is 0 Å². The second-order valence-corrected chi connectivity index (χ2v) is 9.71. The largest absolute Gasteiger partial charge is 0.221 e. The summed E-state index contributed by atoms with van der Waals surface area (Å²) in [6, 6.07) is 21.7. The molecule has 2 aromatic carbocycles. The summed E-state index contributed by atoms with van der Waals surface area (Å²) in [7, 11) is -2.19. The lowest BCUT2D eigenvalue weighted by Gasteiger charge is -2.25. The van der Waals surface area contributed by atoms with E-state index < -0.39 is 7.38 Å². The summed E-state index contributed by atoms with van der Waals surface area (Å²) < 4.78 is 0. The monoisotopic (exact) mass is 272 g/mol. The summed E-state index contributed by atoms with van der Waals surface area (Å²) >= 11 is 7.06. The van der Waals surface area contributed by atoms with Crippen molar-refractivity contribution >= 4 is 28.8 Å². The molecule has 0 saturated heterocycles. The van der Waals surface area contributed by atoms with Gasteiger partial charge in [-0.25, -0.2) is 0 Å². The fourth-order valence-electron chi connectivity index (χ4n) is 2.19. The molecule has 0 atom stereocenters. The van der Waals surface area contributed by atoms with Crippen LogP contribution < -0.4 is 10.4 Å². The zero-order chi connectivity index (χ0) is 13.0. The first kappa shape index (κ1) is 13.1. The molecule has 0 nitrogen and oxygen atoms in total. The van der Waals surface area contributed by atoms with E-state index in [-0.39, 0.29) is 0 Å². The van der Waals surface area contributed by atoms with Gasteiger partial charge in [-0.3, -0.25) is 0 Å². The Morgan fingerprint density at radius 3 is 1.67 bits per heavy atom. The van der Waals surface area contributed by atoms with Gasteiger partial charge in [-0.2, -0.15) is 11.1 Å². The van der Waals surface area contributed by atoms with Gasteiger partial charge in [0.2, 0.25) is 7.38 Å². The molecule has 92 valence electrons. The topological polar surface area (TPSA) is 0 Å². The van der Waals surface area contributed by atoms with Gasteiger partial charge in [-0.15, -0.1) is 6.58 Å². The van der Waals surface area contributed by atoms with Crippen molar-refractivity contribution in [2.75, 3.05) is 0 Å². The fourth-order valence-corrected chi connectivity index (χ4v) is 6.65. The SMILES string of the molecule is C=C(C)C[Si](Cl)(c1ccccc1)c1ccccc1. The molecule has 0 spiro atoms. The van der Waals surface area contributed by atoms with Gasteiger partial charge in [0.05, 0.1) is 0 Å². The molecule has 0 saturated carbocycles. The maximum atomic E-state index is 7.06. The number of halogens is 1. The fraction of sp³-hybridized carbons (Fsp3) is 0.125. The molecule has 2 rings (SSSR count). The molecule has 0 heterocycles. The molecule has 0 radical (unpaired) electrons. The number of hydrogen-bond donors (Lipinski definition) is 0. The van der Waals surface area contributed by atoms with Gasteiger partial charge < -0.3 is 0 Å². The molecule has 0 aliphatic rings. The molecule has 2 aromatic rings. The van der Waals surface area contributed by atoms with Crippen molar-refractivity contribution in [3.05, 3.63) is 72.8 Å². The van der Waals surface area contributed by atoms with Crippen LogP contribution in [0.25, 0.3) is 0 Å². The third-order valence-corrected chi connectivity index (χ3v) is 8.31. The third-order valence-electron chi connectivity index (χ3n) is 3.01. The average Bonchev–Trinajstić information content (AvgIpc) is 2.40. The molecule has 0 unspecified atom stereocenters. The first-order valence-electron chi connectivity index (χ1n) is 6.07. The summed E-state index contributed by atoms with van der Waals surface area (Å²) in [6.07, 6.45) is 0. The lowest BCUT2D eigenvalue weighted by Crippen LogP contribution is -2.53. The highest BCUT2D eigenvalue weighted by molar-refractivity contribution is 7.34. The Balaban J connectivity index is 2.51. The van der Waals surface area contributed by atoms with E-state index in [1.807, 2.05) is 12.1 Å². The minimum absolute atomic E-state index is 0.878. The van der Waals surface area contributed by atoms with Crippen molar-refractivity contribution in [3.63, 3.8) is 0 Å². The van der Waals surface area contributed by atoms with E-state index in [1.54, 1.807) is 0 Å². The molecule has 0 N–H and O–H groups in total. The predicted octanol–water partition coefficient (Wildman–Crippen LogP) is 3.56. The van der Waals surface area contributed by atoms with Crippen LogP contribution in [0.2, 0.25) is 6.04 Å². The second-order valence-electron chi connectivity index (χ2n) is 4.67. The quantitative estimate of drug-likeness (QED) is 0.454. The average molecular weight is 273 g/mol. The first-order valence-corrected chi connectivity index (χ1v) is 9.29. The smallest absolute Gasteiger partial charge is 0.154 e. The minimum atomic E-state index is -2.19. The summed E-state index contributed by atoms with van der Waals surface area (Å²) in [5, 5.41) is 2.50. The zero-order valence-corrected chi connectivity index (χ0v) is 12.3. The lowest BCUT2D eigenvalue weighted by atomic mass is 10.4. The molecule has 0 amide bonds. The van der Waals surface area contributed by atoms with E-state index in [2.05, 4.69) is 62.0 Å². The Bertz CT molecular complexity index is 480. The lowest BCUT2D eigenvalue weighted by molar-refractivity contribution is 1.38. The van der Waals surface area contributed by atoms with Crippen molar-refractivity contribution in [3.8, 4) is 0 Å². The molecular weight excluding hydrogens is 256 g/mol. The van der Waals surface area contributed by atoms with E-state index in [0.29, 0.717) is 0 Å². The Labute approximate surface area is 115 Å². The Morgan fingerprint density at radius 2 is 1.33 bits per heavy atom. The van der Waals surface area contributed by atoms with Crippen molar-refractivity contribution < 1.29 is 0 Å². The molecule has 0 aliphatic heterocycles. The standard InChI is InChI=1S/C16H17ClSi/c1-14(2)13-18(17,15-9-5-3-6-10-15)16-11-7-4-8-12-16/h3-12H,1,13H2,2H3. The van der Waals surface area contributed by atoms with Crippen LogP contribution in [0.15, 0.2) is 72.8 Å². The highest BCUT2D eigenvalue weighted by atomic mass is 35.6. The van der Waals surface area contributed by atoms with Crippen molar-refractivity contribution in [2.45, 2.75) is 13.0 Å². The van der Waals surface area contributed by atoms with Gasteiger partial charge >= 0.3 is 0 Å². The van der Waals surface area contributed by atoms with Gasteiger partial charge in [0.1, 0.15) is 0 Å². The Hall–Kier alpha value is -1.31. The number of allylic oxidation sites excluding steroid dienone is 1. The molecule has 0 aromatic heterocycles. The van der Waals surface area contributed by atoms with Crippen molar-refractivity contribution in [2.24, 2.45) is 0 Å². The second kappa shape index (κ2) is 5.55. The van der Waals surface area contributed by atoms with Crippen LogP contribution in [0.5, 0.6) is 0 Å². The van der Waals surface area contributed by atoms with Crippen LogP contribution in [0.1, 0.15) is 6.92 Å². The zero-order valence-electron chi connectivity index (χ0n) is 10.6. The van der Waals surface area contributed by atoms with Gasteiger partial charge in [0.15, 0.2) is 0 Å². The maximum Gasteiger partial charge on any atom is 0.221 e. The maximum absolute atomic E-state index is 7.06. The molecule has 0 aliphatic carbocycles. The number of hydrogen-bond acceptors (Lipinski definition) is 0. The third kappa shape index (κ3) is 2.74. The van der Waals surface area contributed by atoms with Crippen LogP contribution >= 0.6 is 11.1 Å². The Morgan fingerprint density at radius 1 is 0.944 bits per heavy atom. The van der Waals surface area contributed by atoms with Gasteiger partial charge in [-0.05, 0) is 23.3 Å².